The molecule has 0 amide bonds. The SMILES string of the molecule is OC1(C#Cc2ccccc2)c2ccccc2C(O)(C#Cc2ccccc2)c2c(C#Cc3ccccc3)cccc21. The molecular formula is C38H24O2. The van der Waals surface area contributed by atoms with E-state index in [0.29, 0.717) is 27.8 Å². The summed E-state index contributed by atoms with van der Waals surface area (Å²) in [6.45, 7) is 0. The van der Waals surface area contributed by atoms with Gasteiger partial charge in [0.05, 0.1) is 0 Å². The Morgan fingerprint density at radius 2 is 0.800 bits per heavy atom. The highest BCUT2D eigenvalue weighted by molar-refractivity contribution is 5.68. The number of hydrogen-bond acceptors (Lipinski definition) is 2. The molecule has 2 nitrogen and oxygen atoms in total. The lowest BCUT2D eigenvalue weighted by Crippen LogP contribution is -2.42. The van der Waals surface area contributed by atoms with E-state index in [9.17, 15) is 10.2 Å². The highest BCUT2D eigenvalue weighted by Gasteiger charge is 2.49. The lowest BCUT2D eigenvalue weighted by Gasteiger charge is -2.40. The first-order valence-electron chi connectivity index (χ1n) is 13.0. The fourth-order valence-electron chi connectivity index (χ4n) is 5.04. The molecule has 40 heavy (non-hydrogen) atoms. The maximum absolute atomic E-state index is 12.5. The van der Waals surface area contributed by atoms with Gasteiger partial charge in [-0.1, -0.05) is 127 Å². The largest absolute Gasteiger partial charge is 0.369 e. The molecule has 2 N–H and O–H groups in total. The molecule has 0 bridgehead atoms. The summed E-state index contributed by atoms with van der Waals surface area (Å²) in [6, 6.07) is 41.5. The molecule has 1 aliphatic rings. The Kier molecular flexibility index (Phi) is 6.54. The Morgan fingerprint density at radius 1 is 0.375 bits per heavy atom. The molecule has 2 heteroatoms. The summed E-state index contributed by atoms with van der Waals surface area (Å²) in [4.78, 5) is 0. The summed E-state index contributed by atoms with van der Waals surface area (Å²) in [5.74, 6) is 19.0. The Hall–Kier alpha value is -5.30. The molecule has 2 atom stereocenters. The Balaban J connectivity index is 1.64. The molecule has 6 rings (SSSR count). The zero-order chi connectivity index (χ0) is 27.4. The second kappa shape index (κ2) is 10.5. The van der Waals surface area contributed by atoms with E-state index >= 15 is 0 Å². The fraction of sp³-hybridized carbons (Fsp3) is 0.0526. The molecular weight excluding hydrogens is 488 g/mol. The van der Waals surface area contributed by atoms with Crippen LogP contribution in [0.4, 0.5) is 0 Å². The van der Waals surface area contributed by atoms with E-state index in [1.165, 1.54) is 0 Å². The maximum atomic E-state index is 12.5. The van der Waals surface area contributed by atoms with Gasteiger partial charge in [0.25, 0.3) is 0 Å². The van der Waals surface area contributed by atoms with Gasteiger partial charge in [-0.3, -0.25) is 0 Å². The molecule has 1 aliphatic carbocycles. The van der Waals surface area contributed by atoms with E-state index < -0.39 is 11.2 Å². The molecule has 0 aliphatic heterocycles. The third-order valence-corrected chi connectivity index (χ3v) is 6.96. The van der Waals surface area contributed by atoms with E-state index in [4.69, 9.17) is 0 Å². The van der Waals surface area contributed by atoms with Gasteiger partial charge in [0, 0.05) is 44.5 Å². The van der Waals surface area contributed by atoms with E-state index in [2.05, 4.69) is 35.5 Å². The van der Waals surface area contributed by atoms with Crippen molar-refractivity contribution >= 4 is 0 Å². The first kappa shape index (κ1) is 25.0. The number of fused-ring (bicyclic) bond motifs is 2. The molecule has 0 radical (unpaired) electrons. The van der Waals surface area contributed by atoms with Crippen LogP contribution >= 0.6 is 0 Å². The van der Waals surface area contributed by atoms with Crippen LogP contribution in [0.25, 0.3) is 0 Å². The van der Waals surface area contributed by atoms with Crippen molar-refractivity contribution < 1.29 is 10.2 Å². The van der Waals surface area contributed by atoms with Crippen LogP contribution in [0.1, 0.15) is 44.5 Å². The van der Waals surface area contributed by atoms with Crippen LogP contribution in [0.2, 0.25) is 0 Å². The van der Waals surface area contributed by atoms with E-state index in [1.807, 2.05) is 115 Å². The highest BCUT2D eigenvalue weighted by Crippen LogP contribution is 2.48. The minimum absolute atomic E-state index is 0.436. The second-order valence-corrected chi connectivity index (χ2v) is 9.54. The van der Waals surface area contributed by atoms with Crippen LogP contribution in [0, 0.1) is 35.5 Å². The zero-order valence-corrected chi connectivity index (χ0v) is 21.6. The van der Waals surface area contributed by atoms with Crippen molar-refractivity contribution in [1.82, 2.24) is 0 Å². The molecule has 0 saturated carbocycles. The van der Waals surface area contributed by atoms with Crippen molar-refractivity contribution in [2.24, 2.45) is 0 Å². The predicted molar refractivity (Wildman–Crippen MR) is 158 cm³/mol. The number of aliphatic hydroxyl groups is 2. The normalized spacial score (nSPS) is 18.4. The van der Waals surface area contributed by atoms with Crippen LogP contribution in [-0.4, -0.2) is 10.2 Å². The Bertz CT molecular complexity index is 1880. The van der Waals surface area contributed by atoms with Gasteiger partial charge in [0.1, 0.15) is 0 Å². The van der Waals surface area contributed by atoms with E-state index in [0.717, 1.165) is 16.7 Å². The molecule has 0 aromatic heterocycles. The summed E-state index contributed by atoms with van der Waals surface area (Å²) < 4.78 is 0. The predicted octanol–water partition coefficient (Wildman–Crippen LogP) is 5.98. The van der Waals surface area contributed by atoms with Gasteiger partial charge in [-0.05, 0) is 42.5 Å². The van der Waals surface area contributed by atoms with Gasteiger partial charge in [0.2, 0.25) is 0 Å². The van der Waals surface area contributed by atoms with E-state index in [-0.39, 0.29) is 0 Å². The summed E-state index contributed by atoms with van der Waals surface area (Å²) in [5, 5.41) is 24.9. The van der Waals surface area contributed by atoms with Crippen LogP contribution < -0.4 is 0 Å². The summed E-state index contributed by atoms with van der Waals surface area (Å²) in [6.07, 6.45) is 0. The first-order valence-corrected chi connectivity index (χ1v) is 13.0. The van der Waals surface area contributed by atoms with Crippen LogP contribution in [0.3, 0.4) is 0 Å². The van der Waals surface area contributed by atoms with Crippen molar-refractivity contribution in [3.63, 3.8) is 0 Å². The molecule has 5 aromatic carbocycles. The van der Waals surface area contributed by atoms with Gasteiger partial charge in [-0.25, -0.2) is 0 Å². The molecule has 0 fully saturated rings. The van der Waals surface area contributed by atoms with Crippen molar-refractivity contribution in [3.8, 4) is 35.5 Å². The van der Waals surface area contributed by atoms with Gasteiger partial charge < -0.3 is 10.2 Å². The summed E-state index contributed by atoms with van der Waals surface area (Å²) in [7, 11) is 0. The quantitative estimate of drug-likeness (QED) is 0.251. The molecule has 0 heterocycles. The highest BCUT2D eigenvalue weighted by atomic mass is 16.3. The van der Waals surface area contributed by atoms with Crippen molar-refractivity contribution in [2.45, 2.75) is 11.2 Å². The molecule has 188 valence electrons. The molecule has 2 unspecified atom stereocenters. The fourth-order valence-corrected chi connectivity index (χ4v) is 5.04. The average molecular weight is 513 g/mol. The first-order chi connectivity index (χ1) is 19.6. The number of rotatable bonds is 0. The van der Waals surface area contributed by atoms with Crippen molar-refractivity contribution in [1.29, 1.82) is 0 Å². The van der Waals surface area contributed by atoms with Gasteiger partial charge in [-0.2, -0.15) is 0 Å². The van der Waals surface area contributed by atoms with Gasteiger partial charge in [-0.15, -0.1) is 0 Å². The van der Waals surface area contributed by atoms with Crippen LogP contribution in [0.15, 0.2) is 133 Å². The lowest BCUT2D eigenvalue weighted by atomic mass is 9.66. The Labute approximate surface area is 234 Å². The standard InChI is InChI=1S/C38H24O2/c39-37(27-25-30-15-6-2-7-16-30)33-20-10-11-21-34(33)38(40,28-26-31-17-8-3-9-18-31)36-32(19-12-22-35(36)37)24-23-29-13-4-1-5-14-29/h1-22,39-40H. The monoisotopic (exact) mass is 512 g/mol. The number of hydrogen-bond donors (Lipinski definition) is 2. The zero-order valence-electron chi connectivity index (χ0n) is 21.6. The lowest BCUT2D eigenvalue weighted by molar-refractivity contribution is 0.0942. The Morgan fingerprint density at radius 3 is 1.35 bits per heavy atom. The van der Waals surface area contributed by atoms with Crippen LogP contribution in [0.5, 0.6) is 0 Å². The summed E-state index contributed by atoms with van der Waals surface area (Å²) in [5.41, 5.74) is 1.37. The van der Waals surface area contributed by atoms with Crippen LogP contribution in [-0.2, 0) is 11.2 Å². The smallest absolute Gasteiger partial charge is 0.179 e. The third-order valence-electron chi connectivity index (χ3n) is 6.96. The molecule has 5 aromatic rings. The third kappa shape index (κ3) is 4.58. The molecule has 0 saturated heterocycles. The van der Waals surface area contributed by atoms with E-state index in [1.54, 1.807) is 18.2 Å². The minimum Gasteiger partial charge on any atom is -0.369 e. The topological polar surface area (TPSA) is 40.5 Å². The van der Waals surface area contributed by atoms with Crippen molar-refractivity contribution in [2.75, 3.05) is 0 Å². The van der Waals surface area contributed by atoms with Gasteiger partial charge in [0.15, 0.2) is 11.2 Å². The summed E-state index contributed by atoms with van der Waals surface area (Å²) >= 11 is 0. The maximum Gasteiger partial charge on any atom is 0.179 e. The number of benzene rings is 5. The second-order valence-electron chi connectivity index (χ2n) is 9.54. The van der Waals surface area contributed by atoms with Gasteiger partial charge >= 0.3 is 0 Å². The minimum atomic E-state index is -1.75. The average Bonchev–Trinajstić information content (AvgIpc) is 3.02. The molecule has 0 spiro atoms. The van der Waals surface area contributed by atoms with Crippen molar-refractivity contribution in [3.05, 3.63) is 178 Å².